The van der Waals surface area contributed by atoms with Gasteiger partial charge in [0.2, 0.25) is 0 Å². The van der Waals surface area contributed by atoms with Gasteiger partial charge in [-0.1, -0.05) is 38.3 Å². The van der Waals surface area contributed by atoms with Crippen molar-refractivity contribution in [3.05, 3.63) is 48.0 Å². The molecule has 0 atom stereocenters. The molecule has 0 unspecified atom stereocenters. The first kappa shape index (κ1) is 23.1. The van der Waals surface area contributed by atoms with Crippen molar-refractivity contribution in [3.8, 4) is 23.0 Å². The molecule has 0 saturated carbocycles. The molecule has 2 aromatic rings. The van der Waals surface area contributed by atoms with E-state index in [0.717, 1.165) is 18.4 Å². The number of methoxy groups -OCH3 is 2. The van der Waals surface area contributed by atoms with Gasteiger partial charge in [0.05, 0.1) is 27.0 Å². The predicted molar refractivity (Wildman–Crippen MR) is 117 cm³/mol. The molecular weight excluding hydrogens is 384 g/mol. The quantitative estimate of drug-likeness (QED) is 0.302. The highest BCUT2D eigenvalue weighted by Crippen LogP contribution is 2.28. The number of para-hydroxylation sites is 2. The molecule has 1 amide bonds. The Bertz CT molecular complexity index is 823. The van der Waals surface area contributed by atoms with Crippen molar-refractivity contribution in [1.29, 1.82) is 0 Å². The van der Waals surface area contributed by atoms with Crippen molar-refractivity contribution < 1.29 is 23.7 Å². The number of ether oxygens (including phenoxy) is 4. The first-order valence-corrected chi connectivity index (χ1v) is 10.1. The number of carbonyl (C=O) groups excluding carboxylic acids is 1. The number of nitrogens with one attached hydrogen (secondary N) is 1. The fourth-order valence-corrected chi connectivity index (χ4v) is 2.69. The maximum absolute atomic E-state index is 11.9. The number of amides is 1. The lowest BCUT2D eigenvalue weighted by atomic mass is 10.2. The average Bonchev–Trinajstić information content (AvgIpc) is 2.78. The Kier molecular flexibility index (Phi) is 10.1. The zero-order valence-electron chi connectivity index (χ0n) is 17.8. The van der Waals surface area contributed by atoms with Gasteiger partial charge in [-0.25, -0.2) is 5.43 Å². The molecule has 1 N–H and O–H groups in total. The van der Waals surface area contributed by atoms with Crippen LogP contribution in [0.3, 0.4) is 0 Å². The number of nitrogens with zero attached hydrogens (tertiary/aromatic N) is 1. The van der Waals surface area contributed by atoms with Gasteiger partial charge in [0.15, 0.2) is 29.6 Å². The van der Waals surface area contributed by atoms with E-state index in [1.165, 1.54) is 19.1 Å². The van der Waals surface area contributed by atoms with Gasteiger partial charge >= 0.3 is 0 Å². The first-order chi connectivity index (χ1) is 14.7. The Morgan fingerprint density at radius 2 is 1.67 bits per heavy atom. The highest BCUT2D eigenvalue weighted by molar-refractivity contribution is 5.83. The second-order valence-corrected chi connectivity index (χ2v) is 6.55. The topological polar surface area (TPSA) is 78.4 Å². The molecule has 0 aliphatic heterocycles. The molecule has 0 aromatic heterocycles. The summed E-state index contributed by atoms with van der Waals surface area (Å²) in [5, 5.41) is 3.97. The van der Waals surface area contributed by atoms with Crippen molar-refractivity contribution >= 4 is 12.1 Å². The number of rotatable bonds is 13. The van der Waals surface area contributed by atoms with Crippen LogP contribution in [0.25, 0.3) is 0 Å². The molecule has 2 rings (SSSR count). The van der Waals surface area contributed by atoms with Crippen LogP contribution in [0.15, 0.2) is 47.6 Å². The number of unbranched alkanes of at least 4 members (excludes halogenated alkanes) is 3. The third-order valence-corrected chi connectivity index (χ3v) is 4.27. The molecule has 2 aromatic carbocycles. The van der Waals surface area contributed by atoms with Crippen LogP contribution in [-0.4, -0.2) is 39.6 Å². The van der Waals surface area contributed by atoms with E-state index in [1.54, 1.807) is 32.4 Å². The maximum Gasteiger partial charge on any atom is 0.277 e. The van der Waals surface area contributed by atoms with Crippen LogP contribution < -0.4 is 24.4 Å². The average molecular weight is 415 g/mol. The fourth-order valence-electron chi connectivity index (χ4n) is 2.69. The zero-order valence-corrected chi connectivity index (χ0v) is 17.8. The van der Waals surface area contributed by atoms with Crippen molar-refractivity contribution in [2.24, 2.45) is 5.10 Å². The highest BCUT2D eigenvalue weighted by Gasteiger charge is 2.07. The molecule has 0 bridgehead atoms. The molecule has 0 heterocycles. The zero-order chi connectivity index (χ0) is 21.6. The molecule has 7 heteroatoms. The van der Waals surface area contributed by atoms with Crippen LogP contribution in [-0.2, 0) is 4.79 Å². The number of benzene rings is 2. The lowest BCUT2D eigenvalue weighted by molar-refractivity contribution is -0.123. The van der Waals surface area contributed by atoms with Crippen molar-refractivity contribution in [1.82, 2.24) is 5.43 Å². The molecule has 0 saturated heterocycles. The molecule has 162 valence electrons. The van der Waals surface area contributed by atoms with Crippen molar-refractivity contribution in [3.63, 3.8) is 0 Å². The van der Waals surface area contributed by atoms with Gasteiger partial charge in [-0.3, -0.25) is 4.79 Å². The summed E-state index contributed by atoms with van der Waals surface area (Å²) in [6.45, 7) is 2.66. The molecule has 30 heavy (non-hydrogen) atoms. The summed E-state index contributed by atoms with van der Waals surface area (Å²) in [4.78, 5) is 11.9. The van der Waals surface area contributed by atoms with Gasteiger partial charge in [0.25, 0.3) is 5.91 Å². The predicted octanol–water partition coefficient (Wildman–Crippen LogP) is 4.19. The lowest BCUT2D eigenvalue weighted by Gasteiger charge is -2.11. The van der Waals surface area contributed by atoms with E-state index in [9.17, 15) is 4.79 Å². The van der Waals surface area contributed by atoms with Crippen LogP contribution >= 0.6 is 0 Å². The third kappa shape index (κ3) is 7.66. The second kappa shape index (κ2) is 13.1. The number of hydrogen-bond acceptors (Lipinski definition) is 6. The molecule has 0 spiro atoms. The van der Waals surface area contributed by atoms with E-state index in [-0.39, 0.29) is 12.5 Å². The van der Waals surface area contributed by atoms with E-state index >= 15 is 0 Å². The van der Waals surface area contributed by atoms with E-state index < -0.39 is 0 Å². The van der Waals surface area contributed by atoms with Gasteiger partial charge in [0.1, 0.15) is 0 Å². The number of hydrogen-bond donors (Lipinski definition) is 1. The van der Waals surface area contributed by atoms with Gasteiger partial charge < -0.3 is 18.9 Å². The van der Waals surface area contributed by atoms with E-state index in [4.69, 9.17) is 18.9 Å². The van der Waals surface area contributed by atoms with Gasteiger partial charge in [0, 0.05) is 0 Å². The molecule has 0 aliphatic carbocycles. The smallest absolute Gasteiger partial charge is 0.277 e. The fraction of sp³-hybridized carbons (Fsp3) is 0.391. The minimum Gasteiger partial charge on any atom is -0.493 e. The SMILES string of the molecule is CCCCCCOc1ccc(/C=N/NC(=O)COc2ccccc2OC)cc1OC. The summed E-state index contributed by atoms with van der Waals surface area (Å²) >= 11 is 0. The van der Waals surface area contributed by atoms with E-state index in [1.807, 2.05) is 24.3 Å². The molecular formula is C23H30N2O5. The highest BCUT2D eigenvalue weighted by atomic mass is 16.5. The summed E-state index contributed by atoms with van der Waals surface area (Å²) in [6.07, 6.45) is 6.12. The standard InChI is InChI=1S/C23H30N2O5/c1-4-5-6-9-14-29-21-13-12-18(15-22(21)28-3)16-24-25-23(26)17-30-20-11-8-7-10-19(20)27-2/h7-8,10-13,15-16H,4-6,9,14,17H2,1-3H3,(H,25,26)/b24-16+. The molecule has 7 nitrogen and oxygen atoms in total. The summed E-state index contributed by atoms with van der Waals surface area (Å²) in [5.41, 5.74) is 3.21. The Morgan fingerprint density at radius 1 is 0.933 bits per heavy atom. The van der Waals surface area contributed by atoms with Gasteiger partial charge in [-0.2, -0.15) is 5.10 Å². The number of carbonyl (C=O) groups is 1. The Labute approximate surface area is 178 Å². The van der Waals surface area contributed by atoms with Gasteiger partial charge in [-0.15, -0.1) is 0 Å². The van der Waals surface area contributed by atoms with Crippen LogP contribution in [0.5, 0.6) is 23.0 Å². The second-order valence-electron chi connectivity index (χ2n) is 6.55. The molecule has 0 radical (unpaired) electrons. The third-order valence-electron chi connectivity index (χ3n) is 4.27. The Hall–Kier alpha value is -3.22. The van der Waals surface area contributed by atoms with Gasteiger partial charge in [-0.05, 0) is 42.3 Å². The summed E-state index contributed by atoms with van der Waals surface area (Å²) in [7, 11) is 3.14. The largest absolute Gasteiger partial charge is 0.493 e. The monoisotopic (exact) mass is 414 g/mol. The molecule has 0 aliphatic rings. The summed E-state index contributed by atoms with van der Waals surface area (Å²) < 4.78 is 21.8. The lowest BCUT2D eigenvalue weighted by Crippen LogP contribution is -2.24. The van der Waals surface area contributed by atoms with Crippen molar-refractivity contribution in [2.45, 2.75) is 32.6 Å². The number of hydrazone groups is 1. The minimum absolute atomic E-state index is 0.175. The summed E-state index contributed by atoms with van der Waals surface area (Å²) in [5.74, 6) is 2.00. The molecule has 0 fully saturated rings. The van der Waals surface area contributed by atoms with Crippen LogP contribution in [0.2, 0.25) is 0 Å². The van der Waals surface area contributed by atoms with E-state index in [2.05, 4.69) is 17.5 Å². The van der Waals surface area contributed by atoms with Crippen LogP contribution in [0.4, 0.5) is 0 Å². The first-order valence-electron chi connectivity index (χ1n) is 10.1. The Balaban J connectivity index is 1.82. The van der Waals surface area contributed by atoms with E-state index in [0.29, 0.717) is 29.6 Å². The van der Waals surface area contributed by atoms with Crippen LogP contribution in [0, 0.1) is 0 Å². The maximum atomic E-state index is 11.9. The van der Waals surface area contributed by atoms with Crippen molar-refractivity contribution in [2.75, 3.05) is 27.4 Å². The summed E-state index contributed by atoms with van der Waals surface area (Å²) in [6, 6.07) is 12.6. The van der Waals surface area contributed by atoms with Crippen LogP contribution in [0.1, 0.15) is 38.2 Å². The minimum atomic E-state index is -0.379. The normalized spacial score (nSPS) is 10.6. The Morgan fingerprint density at radius 3 is 2.40 bits per heavy atom.